The van der Waals surface area contributed by atoms with Gasteiger partial charge in [0, 0.05) is 4.47 Å². The minimum Gasteiger partial charge on any atom is -0.489 e. The molecule has 5 nitrogen and oxygen atoms in total. The first kappa shape index (κ1) is 26.1. The number of hydrogen-bond donors (Lipinski definition) is 1. The molecule has 3 aromatic rings. The summed E-state index contributed by atoms with van der Waals surface area (Å²) >= 11 is 21.1. The van der Waals surface area contributed by atoms with Crippen LogP contribution in [-0.2, 0) is 22.6 Å². The number of carbonyl (C=O) groups excluding carboxylic acids is 2. The van der Waals surface area contributed by atoms with E-state index in [-0.39, 0.29) is 26.4 Å². The number of allylic oxidation sites excluding steroid dienone is 1. The lowest BCUT2D eigenvalue weighted by molar-refractivity contribution is -0.122. The van der Waals surface area contributed by atoms with Crippen molar-refractivity contribution in [3.8, 4) is 5.75 Å². The van der Waals surface area contributed by atoms with Crippen LogP contribution in [0.5, 0.6) is 5.75 Å². The molecule has 0 saturated carbocycles. The molecule has 0 bridgehead atoms. The molecule has 0 unspecified atom stereocenters. The molecule has 1 aliphatic heterocycles. The number of benzene rings is 3. The number of anilines is 1. The van der Waals surface area contributed by atoms with E-state index < -0.39 is 11.8 Å². The van der Waals surface area contributed by atoms with Crippen LogP contribution in [0.4, 0.5) is 5.69 Å². The summed E-state index contributed by atoms with van der Waals surface area (Å²) in [5, 5.41) is 2.90. The first-order valence-electron chi connectivity index (χ1n) is 10.7. The van der Waals surface area contributed by atoms with Gasteiger partial charge in [-0.15, -0.1) is 6.58 Å². The monoisotopic (exact) mass is 600 g/mol. The Labute approximate surface area is 232 Å². The summed E-state index contributed by atoms with van der Waals surface area (Å²) in [7, 11) is 0. The standard InChI is InChI=1S/C27H19BrCl2N2O3S/c1-2-4-18-13-17(9-12-23(18)35-15-16-7-10-19(28)11-8-16)14-20-25(33)31-27(36)32(26(20)34)22-6-3-5-21(29)24(22)30/h2-3,5-14H,1,4,15H2,(H,31,33,36)/b20-14+. The van der Waals surface area contributed by atoms with E-state index in [1.54, 1.807) is 30.3 Å². The number of nitrogens with zero attached hydrogens (tertiary/aromatic N) is 1. The second-order valence-corrected chi connectivity index (χ2v) is 9.89. The van der Waals surface area contributed by atoms with E-state index in [9.17, 15) is 9.59 Å². The molecule has 0 aromatic heterocycles. The summed E-state index contributed by atoms with van der Waals surface area (Å²) in [6.07, 6.45) is 3.82. The maximum atomic E-state index is 13.3. The van der Waals surface area contributed by atoms with Crippen LogP contribution in [0, 0.1) is 0 Å². The maximum absolute atomic E-state index is 13.3. The molecule has 1 N–H and O–H groups in total. The largest absolute Gasteiger partial charge is 0.489 e. The molecule has 3 aromatic carbocycles. The van der Waals surface area contributed by atoms with Gasteiger partial charge in [0.2, 0.25) is 0 Å². The summed E-state index contributed by atoms with van der Waals surface area (Å²) in [6, 6.07) is 18.2. The Bertz CT molecular complexity index is 1410. The maximum Gasteiger partial charge on any atom is 0.270 e. The lowest BCUT2D eigenvalue weighted by Gasteiger charge is -2.29. The van der Waals surface area contributed by atoms with Crippen molar-refractivity contribution in [1.29, 1.82) is 0 Å². The van der Waals surface area contributed by atoms with Crippen molar-refractivity contribution < 1.29 is 14.3 Å². The Morgan fingerprint density at radius 1 is 1.08 bits per heavy atom. The van der Waals surface area contributed by atoms with E-state index in [2.05, 4.69) is 27.8 Å². The molecule has 4 rings (SSSR count). The third-order valence-electron chi connectivity index (χ3n) is 5.34. The van der Waals surface area contributed by atoms with Gasteiger partial charge in [-0.1, -0.05) is 69.5 Å². The predicted molar refractivity (Wildman–Crippen MR) is 151 cm³/mol. The average molecular weight is 602 g/mol. The fourth-order valence-electron chi connectivity index (χ4n) is 3.59. The number of ether oxygens (including phenoxy) is 1. The van der Waals surface area contributed by atoms with Crippen molar-refractivity contribution in [2.75, 3.05) is 4.90 Å². The summed E-state index contributed by atoms with van der Waals surface area (Å²) in [5.41, 5.74) is 2.73. The summed E-state index contributed by atoms with van der Waals surface area (Å²) < 4.78 is 7.03. The Kier molecular flexibility index (Phi) is 8.26. The van der Waals surface area contributed by atoms with Gasteiger partial charge in [-0.2, -0.15) is 0 Å². The highest BCUT2D eigenvalue weighted by Crippen LogP contribution is 2.34. The number of nitrogens with one attached hydrogen (secondary N) is 1. The fraction of sp³-hybridized carbons (Fsp3) is 0.0741. The molecular formula is C27H19BrCl2N2O3S. The molecule has 182 valence electrons. The van der Waals surface area contributed by atoms with Crippen molar-refractivity contribution in [2.24, 2.45) is 0 Å². The zero-order valence-corrected chi connectivity index (χ0v) is 22.7. The van der Waals surface area contributed by atoms with Crippen LogP contribution >= 0.6 is 51.3 Å². The quantitative estimate of drug-likeness (QED) is 0.139. The Morgan fingerprint density at radius 2 is 1.83 bits per heavy atom. The molecule has 1 heterocycles. The summed E-state index contributed by atoms with van der Waals surface area (Å²) in [4.78, 5) is 27.2. The molecule has 36 heavy (non-hydrogen) atoms. The van der Waals surface area contributed by atoms with Gasteiger partial charge in [0.25, 0.3) is 11.8 Å². The zero-order valence-electron chi connectivity index (χ0n) is 18.8. The second-order valence-electron chi connectivity index (χ2n) is 7.81. The predicted octanol–water partition coefficient (Wildman–Crippen LogP) is 6.89. The number of hydrogen-bond acceptors (Lipinski definition) is 4. The van der Waals surface area contributed by atoms with E-state index in [4.69, 9.17) is 40.2 Å². The molecule has 1 saturated heterocycles. The third kappa shape index (κ3) is 5.71. The van der Waals surface area contributed by atoms with Gasteiger partial charge in [-0.25, -0.2) is 0 Å². The van der Waals surface area contributed by atoms with E-state index in [0.29, 0.717) is 24.3 Å². The van der Waals surface area contributed by atoms with E-state index in [1.807, 2.05) is 36.4 Å². The van der Waals surface area contributed by atoms with Crippen molar-refractivity contribution in [2.45, 2.75) is 13.0 Å². The van der Waals surface area contributed by atoms with Gasteiger partial charge in [0.1, 0.15) is 17.9 Å². The summed E-state index contributed by atoms with van der Waals surface area (Å²) in [6.45, 7) is 4.22. The second kappa shape index (κ2) is 11.4. The van der Waals surface area contributed by atoms with Gasteiger partial charge in [0.05, 0.1) is 15.7 Å². The lowest BCUT2D eigenvalue weighted by atomic mass is 10.0. The van der Waals surface area contributed by atoms with Gasteiger partial charge in [-0.05, 0) is 77.8 Å². The van der Waals surface area contributed by atoms with E-state index >= 15 is 0 Å². The van der Waals surface area contributed by atoms with Gasteiger partial charge < -0.3 is 4.74 Å². The van der Waals surface area contributed by atoms with Crippen LogP contribution in [0.3, 0.4) is 0 Å². The zero-order chi connectivity index (χ0) is 25.8. The van der Waals surface area contributed by atoms with Gasteiger partial charge in [0.15, 0.2) is 5.11 Å². The number of carbonyl (C=O) groups is 2. The van der Waals surface area contributed by atoms with Crippen molar-refractivity contribution >= 4 is 80.0 Å². The third-order valence-corrected chi connectivity index (χ3v) is 6.96. The number of halogens is 3. The first-order valence-corrected chi connectivity index (χ1v) is 12.7. The van der Waals surface area contributed by atoms with Crippen LogP contribution in [0.1, 0.15) is 16.7 Å². The average Bonchev–Trinajstić information content (AvgIpc) is 2.85. The summed E-state index contributed by atoms with van der Waals surface area (Å²) in [5.74, 6) is -0.512. The molecule has 0 aliphatic carbocycles. The van der Waals surface area contributed by atoms with E-state index in [1.165, 1.54) is 6.08 Å². The highest BCUT2D eigenvalue weighted by Gasteiger charge is 2.35. The van der Waals surface area contributed by atoms with Crippen molar-refractivity contribution in [1.82, 2.24) is 5.32 Å². The minimum atomic E-state index is -0.603. The van der Waals surface area contributed by atoms with Crippen molar-refractivity contribution in [3.05, 3.63) is 110 Å². The fourth-order valence-corrected chi connectivity index (χ4v) is 4.51. The van der Waals surface area contributed by atoms with Crippen molar-refractivity contribution in [3.63, 3.8) is 0 Å². The molecule has 0 atom stereocenters. The Morgan fingerprint density at radius 3 is 2.56 bits per heavy atom. The van der Waals surface area contributed by atoms with Crippen LogP contribution in [0.15, 0.2) is 83.4 Å². The first-order chi connectivity index (χ1) is 17.3. The molecular weight excluding hydrogens is 583 g/mol. The number of rotatable bonds is 7. The molecule has 9 heteroatoms. The SMILES string of the molecule is C=CCc1cc(/C=C2\C(=O)NC(=S)N(c3cccc(Cl)c3Cl)C2=O)ccc1OCc1ccc(Br)cc1. The van der Waals surface area contributed by atoms with Crippen LogP contribution in [0.25, 0.3) is 6.08 Å². The van der Waals surface area contributed by atoms with Gasteiger partial charge >= 0.3 is 0 Å². The normalized spacial score (nSPS) is 14.7. The minimum absolute atomic E-state index is 0.0737. The number of thiocarbonyl (C=S) groups is 1. The van der Waals surface area contributed by atoms with E-state index in [0.717, 1.165) is 20.5 Å². The molecule has 2 amide bonds. The Hall–Kier alpha value is -2.97. The highest BCUT2D eigenvalue weighted by molar-refractivity contribution is 9.10. The number of amides is 2. The molecule has 1 aliphatic rings. The van der Waals surface area contributed by atoms with Crippen LogP contribution in [-0.4, -0.2) is 16.9 Å². The Balaban J connectivity index is 1.63. The van der Waals surface area contributed by atoms with Crippen LogP contribution in [0.2, 0.25) is 10.0 Å². The molecule has 0 spiro atoms. The lowest BCUT2D eigenvalue weighted by Crippen LogP contribution is -2.54. The van der Waals surface area contributed by atoms with Crippen LogP contribution < -0.4 is 15.0 Å². The molecule has 1 fully saturated rings. The smallest absolute Gasteiger partial charge is 0.270 e. The highest BCUT2D eigenvalue weighted by atomic mass is 79.9. The topological polar surface area (TPSA) is 58.6 Å². The van der Waals surface area contributed by atoms with Gasteiger partial charge in [-0.3, -0.25) is 19.8 Å². The molecule has 0 radical (unpaired) electrons.